The highest BCUT2D eigenvalue weighted by Crippen LogP contribution is 2.34. The number of carboxylic acid groups (broad SMARTS) is 1. The van der Waals surface area contributed by atoms with Crippen LogP contribution in [0.5, 0.6) is 11.5 Å². The number of alkyl halides is 3. The quantitative estimate of drug-likeness (QED) is 0.815. The van der Waals surface area contributed by atoms with Crippen LogP contribution in [-0.4, -0.2) is 30.7 Å². The van der Waals surface area contributed by atoms with Crippen LogP contribution in [0.2, 0.25) is 0 Å². The van der Waals surface area contributed by atoms with Gasteiger partial charge in [-0.3, -0.25) is 4.79 Å². The molecule has 0 aliphatic carbocycles. The van der Waals surface area contributed by atoms with Gasteiger partial charge >= 0.3 is 12.1 Å². The SMILES string of the molecule is COc1cc(C(=O)O)ccc1OCC(=O)Nc1ccccc1C(F)(F)F. The van der Waals surface area contributed by atoms with E-state index < -0.39 is 30.2 Å². The minimum absolute atomic E-state index is 0.0437. The number of carbonyl (C=O) groups is 2. The number of carboxylic acids is 1. The summed E-state index contributed by atoms with van der Waals surface area (Å²) >= 11 is 0. The average Bonchev–Trinajstić information content (AvgIpc) is 2.59. The molecule has 1 amide bonds. The van der Waals surface area contributed by atoms with Gasteiger partial charge in [0.05, 0.1) is 23.9 Å². The summed E-state index contributed by atoms with van der Waals surface area (Å²) < 4.78 is 48.9. The highest BCUT2D eigenvalue weighted by Gasteiger charge is 2.33. The second kappa shape index (κ2) is 7.77. The van der Waals surface area contributed by atoms with E-state index in [0.717, 1.165) is 12.1 Å². The average molecular weight is 369 g/mol. The van der Waals surface area contributed by atoms with Gasteiger partial charge < -0.3 is 19.9 Å². The van der Waals surface area contributed by atoms with Crippen molar-refractivity contribution >= 4 is 17.6 Å². The number of halogens is 3. The molecule has 0 saturated heterocycles. The first kappa shape index (κ1) is 19.1. The second-order valence-electron chi connectivity index (χ2n) is 5.05. The molecule has 2 aromatic rings. The summed E-state index contributed by atoms with van der Waals surface area (Å²) in [5.74, 6) is -1.83. The molecule has 0 spiro atoms. The van der Waals surface area contributed by atoms with Gasteiger partial charge in [0, 0.05) is 0 Å². The van der Waals surface area contributed by atoms with E-state index >= 15 is 0 Å². The molecule has 2 N–H and O–H groups in total. The number of para-hydroxylation sites is 1. The molecular formula is C17H14F3NO5. The first-order valence-corrected chi connectivity index (χ1v) is 7.22. The first-order valence-electron chi connectivity index (χ1n) is 7.22. The number of aromatic carboxylic acids is 1. The lowest BCUT2D eigenvalue weighted by molar-refractivity contribution is -0.137. The van der Waals surface area contributed by atoms with Crippen molar-refractivity contribution in [2.24, 2.45) is 0 Å². The molecule has 2 aromatic carbocycles. The van der Waals surface area contributed by atoms with Gasteiger partial charge in [0.2, 0.25) is 0 Å². The number of carbonyl (C=O) groups excluding carboxylic acids is 1. The molecule has 0 aliphatic rings. The molecule has 0 heterocycles. The van der Waals surface area contributed by atoms with Crippen molar-refractivity contribution in [1.82, 2.24) is 0 Å². The zero-order valence-corrected chi connectivity index (χ0v) is 13.5. The largest absolute Gasteiger partial charge is 0.493 e. The van der Waals surface area contributed by atoms with Crippen LogP contribution >= 0.6 is 0 Å². The number of anilines is 1. The van der Waals surface area contributed by atoms with Crippen molar-refractivity contribution in [3.05, 3.63) is 53.6 Å². The topological polar surface area (TPSA) is 84.9 Å². The van der Waals surface area contributed by atoms with Crippen LogP contribution in [0, 0.1) is 0 Å². The standard InChI is InChI=1S/C17H14F3NO5/c1-25-14-8-10(16(23)24)6-7-13(14)26-9-15(22)21-12-5-3-2-4-11(12)17(18,19)20/h2-8H,9H2,1H3,(H,21,22)(H,23,24). The smallest absolute Gasteiger partial charge is 0.418 e. The number of ether oxygens (including phenoxy) is 2. The molecule has 0 aromatic heterocycles. The third kappa shape index (κ3) is 4.65. The molecule has 0 atom stereocenters. The van der Waals surface area contributed by atoms with Crippen molar-refractivity contribution in [2.75, 3.05) is 19.0 Å². The highest BCUT2D eigenvalue weighted by atomic mass is 19.4. The van der Waals surface area contributed by atoms with Crippen molar-refractivity contribution < 1.29 is 37.3 Å². The van der Waals surface area contributed by atoms with Crippen molar-refractivity contribution in [3.63, 3.8) is 0 Å². The maximum atomic E-state index is 12.9. The monoisotopic (exact) mass is 369 g/mol. The van der Waals surface area contributed by atoms with E-state index in [1.54, 1.807) is 0 Å². The molecule has 6 nitrogen and oxygen atoms in total. The third-order valence-corrected chi connectivity index (χ3v) is 3.28. The minimum Gasteiger partial charge on any atom is -0.493 e. The fraction of sp³-hybridized carbons (Fsp3) is 0.176. The van der Waals surface area contributed by atoms with Crippen LogP contribution in [0.1, 0.15) is 15.9 Å². The molecule has 0 aliphatic heterocycles. The lowest BCUT2D eigenvalue weighted by atomic mass is 10.1. The van der Waals surface area contributed by atoms with Crippen LogP contribution in [0.15, 0.2) is 42.5 Å². The number of amides is 1. The Labute approximate surface area is 146 Å². The number of hydrogen-bond acceptors (Lipinski definition) is 4. The Bertz CT molecular complexity index is 820. The third-order valence-electron chi connectivity index (χ3n) is 3.28. The number of rotatable bonds is 6. The van der Waals surface area contributed by atoms with Gasteiger partial charge in [-0.15, -0.1) is 0 Å². The van der Waals surface area contributed by atoms with E-state index in [1.807, 2.05) is 0 Å². The normalized spacial score (nSPS) is 10.9. The van der Waals surface area contributed by atoms with Crippen LogP contribution < -0.4 is 14.8 Å². The van der Waals surface area contributed by atoms with E-state index in [-0.39, 0.29) is 22.7 Å². The molecule has 0 saturated carbocycles. The summed E-state index contributed by atoms with van der Waals surface area (Å²) in [4.78, 5) is 22.8. The van der Waals surface area contributed by atoms with Gasteiger partial charge in [-0.1, -0.05) is 12.1 Å². The van der Waals surface area contributed by atoms with Crippen molar-refractivity contribution in [1.29, 1.82) is 0 Å². The summed E-state index contributed by atoms with van der Waals surface area (Å²) in [6.45, 7) is -0.588. The summed E-state index contributed by atoms with van der Waals surface area (Å²) in [6, 6.07) is 8.29. The highest BCUT2D eigenvalue weighted by molar-refractivity contribution is 5.93. The van der Waals surface area contributed by atoms with Gasteiger partial charge in [-0.05, 0) is 30.3 Å². The molecule has 2 rings (SSSR count). The fourth-order valence-electron chi connectivity index (χ4n) is 2.09. The molecule has 9 heteroatoms. The van der Waals surface area contributed by atoms with E-state index in [2.05, 4.69) is 5.32 Å². The van der Waals surface area contributed by atoms with E-state index in [0.29, 0.717) is 0 Å². The maximum absolute atomic E-state index is 12.9. The van der Waals surface area contributed by atoms with E-state index in [9.17, 15) is 22.8 Å². The van der Waals surface area contributed by atoms with Gasteiger partial charge in [0.25, 0.3) is 5.91 Å². The Hall–Kier alpha value is -3.23. The Morgan fingerprint density at radius 2 is 1.81 bits per heavy atom. The summed E-state index contributed by atoms with van der Waals surface area (Å²) in [5.41, 5.74) is -1.41. The van der Waals surface area contributed by atoms with Crippen molar-refractivity contribution in [3.8, 4) is 11.5 Å². The molecule has 0 bridgehead atoms. The first-order chi connectivity index (χ1) is 12.2. The molecule has 0 fully saturated rings. The van der Waals surface area contributed by atoms with Gasteiger partial charge in [0.15, 0.2) is 18.1 Å². The Morgan fingerprint density at radius 3 is 2.42 bits per heavy atom. The predicted molar refractivity (Wildman–Crippen MR) is 85.5 cm³/mol. The zero-order chi connectivity index (χ0) is 19.3. The lowest BCUT2D eigenvalue weighted by Gasteiger charge is -2.14. The van der Waals surface area contributed by atoms with E-state index in [4.69, 9.17) is 14.6 Å². The molecule has 0 radical (unpaired) electrons. The number of hydrogen-bond donors (Lipinski definition) is 2. The lowest BCUT2D eigenvalue weighted by Crippen LogP contribution is -2.22. The van der Waals surface area contributed by atoms with Crippen LogP contribution in [0.4, 0.5) is 18.9 Å². The van der Waals surface area contributed by atoms with Gasteiger partial charge in [0.1, 0.15) is 0 Å². The zero-order valence-electron chi connectivity index (χ0n) is 13.5. The molecule has 0 unspecified atom stereocenters. The Balaban J connectivity index is 2.08. The summed E-state index contributed by atoms with van der Waals surface area (Å²) in [6.07, 6.45) is -4.61. The van der Waals surface area contributed by atoms with Gasteiger partial charge in [-0.25, -0.2) is 4.79 Å². The van der Waals surface area contributed by atoms with Crippen LogP contribution in [0.3, 0.4) is 0 Å². The second-order valence-corrected chi connectivity index (χ2v) is 5.05. The number of benzene rings is 2. The minimum atomic E-state index is -4.61. The number of nitrogens with one attached hydrogen (secondary N) is 1. The predicted octanol–water partition coefficient (Wildman–Crippen LogP) is 3.43. The van der Waals surface area contributed by atoms with Gasteiger partial charge in [-0.2, -0.15) is 13.2 Å². The summed E-state index contributed by atoms with van der Waals surface area (Å²) in [5, 5.41) is 11.1. The number of methoxy groups -OCH3 is 1. The molecular weight excluding hydrogens is 355 g/mol. The molecule has 138 valence electrons. The maximum Gasteiger partial charge on any atom is 0.418 e. The molecule has 26 heavy (non-hydrogen) atoms. The fourth-order valence-corrected chi connectivity index (χ4v) is 2.09. The Kier molecular flexibility index (Phi) is 5.71. The van der Waals surface area contributed by atoms with E-state index in [1.165, 1.54) is 37.4 Å². The van der Waals surface area contributed by atoms with Crippen LogP contribution in [0.25, 0.3) is 0 Å². The van der Waals surface area contributed by atoms with Crippen LogP contribution in [-0.2, 0) is 11.0 Å². The Morgan fingerprint density at radius 1 is 1.12 bits per heavy atom. The van der Waals surface area contributed by atoms with Crippen molar-refractivity contribution in [2.45, 2.75) is 6.18 Å². The summed E-state index contributed by atoms with van der Waals surface area (Å²) in [7, 11) is 1.29.